The maximum absolute atomic E-state index is 14.3. The molecule has 146 valence electrons. The van der Waals surface area contributed by atoms with Crippen LogP contribution in [0.5, 0.6) is 0 Å². The van der Waals surface area contributed by atoms with Gasteiger partial charge in [0.2, 0.25) is 0 Å². The minimum Gasteiger partial charge on any atom is -0.341 e. The summed E-state index contributed by atoms with van der Waals surface area (Å²) in [5, 5.41) is 0.523. The maximum Gasteiger partial charge on any atom is 0.278 e. The topological polar surface area (TPSA) is 79.0 Å². The molecule has 0 radical (unpaired) electrons. The van der Waals surface area contributed by atoms with Crippen molar-refractivity contribution in [3.63, 3.8) is 0 Å². The van der Waals surface area contributed by atoms with Crippen molar-refractivity contribution in [2.75, 3.05) is 11.9 Å². The van der Waals surface area contributed by atoms with Crippen molar-refractivity contribution in [1.29, 1.82) is 0 Å². The lowest BCUT2D eigenvalue weighted by molar-refractivity contribution is -0.119. The molecule has 1 aromatic carbocycles. The van der Waals surface area contributed by atoms with Crippen molar-refractivity contribution in [1.82, 2.24) is 15.0 Å². The molecule has 4 rings (SSSR count). The molecule has 2 aromatic heterocycles. The smallest absolute Gasteiger partial charge is 0.278 e. The highest BCUT2D eigenvalue weighted by Gasteiger charge is 2.48. The molecule has 3 aromatic rings. The predicted molar refractivity (Wildman–Crippen MR) is 108 cm³/mol. The standard InChI is InChI=1S/C20H21FN4O2S/c1-12(14(26)9-8-13-6-4-3-5-7-13)25(2)19-22-15-16(27)23-18(20(21)10-11-20)24-17(15)28-19/h3-7,12H,8-11H2,1-2H3,(H,23,24,27)/t12-/m1/s1. The number of carbonyl (C=O) groups is 1. The molecule has 1 atom stereocenters. The molecule has 0 bridgehead atoms. The van der Waals surface area contributed by atoms with Crippen LogP contribution in [0, 0.1) is 0 Å². The molecule has 1 saturated carbocycles. The van der Waals surface area contributed by atoms with Crippen LogP contribution in [0.15, 0.2) is 35.1 Å². The van der Waals surface area contributed by atoms with Crippen molar-refractivity contribution in [2.24, 2.45) is 0 Å². The van der Waals surface area contributed by atoms with Crippen LogP contribution in [0.4, 0.5) is 9.52 Å². The number of nitrogens with one attached hydrogen (secondary N) is 1. The average Bonchev–Trinajstić information content (AvgIpc) is 3.30. The van der Waals surface area contributed by atoms with Crippen LogP contribution in [-0.4, -0.2) is 33.8 Å². The van der Waals surface area contributed by atoms with Crippen molar-refractivity contribution in [3.05, 3.63) is 52.1 Å². The fourth-order valence-corrected chi connectivity index (χ4v) is 4.02. The van der Waals surface area contributed by atoms with E-state index >= 15 is 0 Å². The minimum atomic E-state index is -1.51. The fourth-order valence-electron chi connectivity index (χ4n) is 3.03. The molecule has 2 heterocycles. The van der Waals surface area contributed by atoms with E-state index in [1.807, 2.05) is 37.3 Å². The number of rotatable bonds is 7. The summed E-state index contributed by atoms with van der Waals surface area (Å²) in [6.07, 6.45) is 1.86. The minimum absolute atomic E-state index is 0.0786. The second-order valence-electron chi connectivity index (χ2n) is 7.27. The van der Waals surface area contributed by atoms with Gasteiger partial charge < -0.3 is 9.88 Å². The van der Waals surface area contributed by atoms with Gasteiger partial charge in [-0.1, -0.05) is 41.7 Å². The number of halogens is 1. The summed E-state index contributed by atoms with van der Waals surface area (Å²) in [7, 11) is 1.77. The number of fused-ring (bicyclic) bond motifs is 1. The van der Waals surface area contributed by atoms with E-state index in [0.29, 0.717) is 35.6 Å². The third-order valence-corrected chi connectivity index (χ3v) is 6.26. The lowest BCUT2D eigenvalue weighted by atomic mass is 10.0. The summed E-state index contributed by atoms with van der Waals surface area (Å²) in [5.74, 6) is 0.170. The number of likely N-dealkylation sites (N-methyl/N-ethyl adjacent to an activating group) is 1. The Bertz CT molecular complexity index is 1070. The van der Waals surface area contributed by atoms with Gasteiger partial charge in [0.15, 0.2) is 26.9 Å². The second kappa shape index (κ2) is 7.09. The summed E-state index contributed by atoms with van der Waals surface area (Å²) in [4.78, 5) is 38.1. The number of aryl methyl sites for hydroxylation is 1. The molecule has 28 heavy (non-hydrogen) atoms. The molecule has 6 nitrogen and oxygen atoms in total. The Kier molecular flexibility index (Phi) is 4.74. The largest absolute Gasteiger partial charge is 0.341 e. The van der Waals surface area contributed by atoms with Crippen molar-refractivity contribution < 1.29 is 9.18 Å². The van der Waals surface area contributed by atoms with Gasteiger partial charge in [-0.3, -0.25) is 9.59 Å². The number of Topliss-reactive ketones (excluding diaryl/α,β-unsaturated/α-hetero) is 1. The van der Waals surface area contributed by atoms with Crippen LogP contribution in [0.25, 0.3) is 10.3 Å². The molecule has 0 spiro atoms. The first-order valence-electron chi connectivity index (χ1n) is 9.27. The summed E-state index contributed by atoms with van der Waals surface area (Å²) in [6, 6.07) is 9.48. The maximum atomic E-state index is 14.3. The number of aromatic amines is 1. The Balaban J connectivity index is 1.51. The number of ketones is 1. The van der Waals surface area contributed by atoms with Gasteiger partial charge in [0, 0.05) is 13.5 Å². The number of thiazole rings is 1. The van der Waals surface area contributed by atoms with Crippen molar-refractivity contribution in [2.45, 2.75) is 44.3 Å². The first-order valence-corrected chi connectivity index (χ1v) is 10.1. The first kappa shape index (κ1) is 18.7. The highest BCUT2D eigenvalue weighted by Crippen LogP contribution is 2.48. The second-order valence-corrected chi connectivity index (χ2v) is 8.22. The van der Waals surface area contributed by atoms with Gasteiger partial charge in [-0.05, 0) is 31.7 Å². The summed E-state index contributed by atoms with van der Waals surface area (Å²) >= 11 is 1.20. The van der Waals surface area contributed by atoms with Crippen LogP contribution in [0.2, 0.25) is 0 Å². The zero-order valence-electron chi connectivity index (χ0n) is 15.7. The summed E-state index contributed by atoms with van der Waals surface area (Å²) in [6.45, 7) is 1.82. The van der Waals surface area contributed by atoms with E-state index in [9.17, 15) is 14.0 Å². The number of hydrogen-bond acceptors (Lipinski definition) is 6. The number of anilines is 1. The summed E-state index contributed by atoms with van der Waals surface area (Å²) < 4.78 is 14.3. The van der Waals surface area contributed by atoms with Gasteiger partial charge in [0.1, 0.15) is 5.82 Å². The molecule has 0 aliphatic heterocycles. The molecule has 1 fully saturated rings. The molecule has 0 unspecified atom stereocenters. The van der Waals surface area contributed by atoms with E-state index in [-0.39, 0.29) is 17.1 Å². The number of benzene rings is 1. The van der Waals surface area contributed by atoms with E-state index in [2.05, 4.69) is 15.0 Å². The van der Waals surface area contributed by atoms with Gasteiger partial charge in [-0.25, -0.2) is 14.4 Å². The van der Waals surface area contributed by atoms with Crippen LogP contribution < -0.4 is 10.5 Å². The number of nitrogens with zero attached hydrogens (tertiary/aromatic N) is 3. The third-order valence-electron chi connectivity index (χ3n) is 5.22. The van der Waals surface area contributed by atoms with Gasteiger partial charge in [-0.15, -0.1) is 0 Å². The molecular formula is C20H21FN4O2S. The van der Waals surface area contributed by atoms with Gasteiger partial charge in [-0.2, -0.15) is 0 Å². The van der Waals surface area contributed by atoms with E-state index in [4.69, 9.17) is 0 Å². The van der Waals surface area contributed by atoms with Crippen LogP contribution >= 0.6 is 11.3 Å². The lowest BCUT2D eigenvalue weighted by Crippen LogP contribution is -2.36. The predicted octanol–water partition coefficient (Wildman–Crippen LogP) is 3.36. The van der Waals surface area contributed by atoms with E-state index in [1.54, 1.807) is 11.9 Å². The highest BCUT2D eigenvalue weighted by atomic mass is 32.1. The monoisotopic (exact) mass is 400 g/mol. The molecule has 0 saturated heterocycles. The Hall–Kier alpha value is -2.61. The zero-order chi connectivity index (χ0) is 19.9. The van der Waals surface area contributed by atoms with E-state index in [0.717, 1.165) is 5.56 Å². The molecule has 1 N–H and O–H groups in total. The van der Waals surface area contributed by atoms with Crippen LogP contribution in [0.1, 0.15) is 37.6 Å². The van der Waals surface area contributed by atoms with Crippen molar-refractivity contribution in [3.8, 4) is 0 Å². The Morgan fingerprint density at radius 2 is 2.04 bits per heavy atom. The highest BCUT2D eigenvalue weighted by molar-refractivity contribution is 7.21. The quantitative estimate of drug-likeness (QED) is 0.658. The van der Waals surface area contributed by atoms with Gasteiger partial charge in [0.25, 0.3) is 5.56 Å². The SMILES string of the molecule is C[C@H](C(=O)CCc1ccccc1)N(C)c1nc2c(=O)[nH]c(C3(F)CC3)nc2s1. The lowest BCUT2D eigenvalue weighted by Gasteiger charge is -2.22. The average molecular weight is 400 g/mol. The van der Waals surface area contributed by atoms with Crippen LogP contribution in [0.3, 0.4) is 0 Å². The van der Waals surface area contributed by atoms with Gasteiger partial charge in [0.05, 0.1) is 6.04 Å². The Morgan fingerprint density at radius 1 is 1.32 bits per heavy atom. The van der Waals surface area contributed by atoms with Crippen molar-refractivity contribution >= 4 is 32.6 Å². The van der Waals surface area contributed by atoms with Gasteiger partial charge >= 0.3 is 0 Å². The van der Waals surface area contributed by atoms with Crippen LogP contribution in [-0.2, 0) is 16.9 Å². The van der Waals surface area contributed by atoms with E-state index in [1.165, 1.54) is 11.3 Å². The number of alkyl halides is 1. The number of H-pyrrole nitrogens is 1. The Labute approximate surface area is 165 Å². The molecule has 1 aliphatic carbocycles. The summed E-state index contributed by atoms with van der Waals surface area (Å²) in [5.41, 5.74) is -0.648. The Morgan fingerprint density at radius 3 is 2.71 bits per heavy atom. The third kappa shape index (κ3) is 3.56. The molecule has 8 heteroatoms. The molecular weight excluding hydrogens is 379 g/mol. The van der Waals surface area contributed by atoms with E-state index < -0.39 is 17.3 Å². The molecule has 1 aliphatic rings. The number of aromatic nitrogens is 3. The fraction of sp³-hybridized carbons (Fsp3) is 0.400. The normalized spacial score (nSPS) is 16.1. The molecule has 0 amide bonds. The number of carbonyl (C=O) groups excluding carboxylic acids is 1. The first-order chi connectivity index (χ1) is 13.4. The zero-order valence-corrected chi connectivity index (χ0v) is 16.6. The number of hydrogen-bond donors (Lipinski definition) is 1.